The number of hydrogen-bond donors (Lipinski definition) is 1. The Bertz CT molecular complexity index is 1370. The number of benzene rings is 3. The number of tetrazole rings is 1. The lowest BCUT2D eigenvalue weighted by atomic mass is 10.00. The third kappa shape index (κ3) is 4.40. The minimum atomic E-state index is -0.611. The number of para-hydroxylation sites is 1. The molecule has 8 nitrogen and oxygen atoms in total. The first-order chi connectivity index (χ1) is 16.6. The van der Waals surface area contributed by atoms with Crippen LogP contribution in [0.25, 0.3) is 11.4 Å². The van der Waals surface area contributed by atoms with E-state index in [1.54, 1.807) is 35.2 Å². The van der Waals surface area contributed by atoms with E-state index in [1.165, 1.54) is 28.6 Å². The van der Waals surface area contributed by atoms with Crippen LogP contribution in [0.2, 0.25) is 0 Å². The summed E-state index contributed by atoms with van der Waals surface area (Å²) < 4.78 is 14.0. The van der Waals surface area contributed by atoms with Gasteiger partial charge in [0.25, 0.3) is 5.91 Å². The molecule has 1 aromatic heterocycles. The highest BCUT2D eigenvalue weighted by Gasteiger charge is 2.22. The number of halogens is 1. The number of carbonyl (C=O) groups is 2. The minimum absolute atomic E-state index is 0.0427. The summed E-state index contributed by atoms with van der Waals surface area (Å²) in [6, 6.07) is 20.8. The van der Waals surface area contributed by atoms with Crippen LogP contribution >= 0.6 is 0 Å². The van der Waals surface area contributed by atoms with Gasteiger partial charge < -0.3 is 10.2 Å². The van der Waals surface area contributed by atoms with Gasteiger partial charge in [-0.2, -0.15) is 4.80 Å². The van der Waals surface area contributed by atoms with Crippen molar-refractivity contribution in [3.05, 3.63) is 95.3 Å². The summed E-state index contributed by atoms with van der Waals surface area (Å²) in [4.78, 5) is 28.4. The number of nitrogens with zero attached hydrogens (tertiary/aromatic N) is 5. The smallest absolute Gasteiger partial charge is 0.258 e. The lowest BCUT2D eigenvalue weighted by Crippen LogP contribution is -2.38. The fourth-order valence-corrected chi connectivity index (χ4v) is 3.97. The van der Waals surface area contributed by atoms with E-state index in [0.29, 0.717) is 24.3 Å². The fourth-order valence-electron chi connectivity index (χ4n) is 3.97. The van der Waals surface area contributed by atoms with E-state index < -0.39 is 11.7 Å². The van der Waals surface area contributed by atoms with E-state index in [0.717, 1.165) is 12.0 Å². The van der Waals surface area contributed by atoms with Crippen molar-refractivity contribution in [3.8, 4) is 11.4 Å². The van der Waals surface area contributed by atoms with Gasteiger partial charge in [0.05, 0.1) is 11.3 Å². The third-order valence-corrected chi connectivity index (χ3v) is 5.75. The van der Waals surface area contributed by atoms with Crippen LogP contribution < -0.4 is 5.32 Å². The molecule has 4 aromatic rings. The zero-order valence-electron chi connectivity index (χ0n) is 18.2. The molecule has 0 saturated heterocycles. The lowest BCUT2D eigenvalue weighted by molar-refractivity contribution is -0.133. The second-order valence-corrected chi connectivity index (χ2v) is 7.96. The molecule has 0 fully saturated rings. The molecule has 0 bridgehead atoms. The molecule has 0 unspecified atom stereocenters. The lowest BCUT2D eigenvalue weighted by Gasteiger charge is -2.28. The summed E-state index contributed by atoms with van der Waals surface area (Å²) in [5.41, 5.74) is 3.27. The van der Waals surface area contributed by atoms with Crippen LogP contribution in [0, 0.1) is 5.82 Å². The highest BCUT2D eigenvalue weighted by molar-refractivity contribution is 6.06. The predicted octanol–water partition coefficient (Wildman–Crippen LogP) is 3.32. The maximum Gasteiger partial charge on any atom is 0.258 e. The van der Waals surface area contributed by atoms with Crippen LogP contribution in [-0.4, -0.2) is 43.5 Å². The topological polar surface area (TPSA) is 93.0 Å². The van der Waals surface area contributed by atoms with Gasteiger partial charge in [-0.3, -0.25) is 9.59 Å². The van der Waals surface area contributed by atoms with E-state index in [-0.39, 0.29) is 23.8 Å². The number of carbonyl (C=O) groups excluding carboxylic acids is 2. The summed E-state index contributed by atoms with van der Waals surface area (Å²) in [5, 5.41) is 15.1. The molecule has 5 rings (SSSR count). The van der Waals surface area contributed by atoms with Crippen LogP contribution in [0.1, 0.15) is 21.5 Å². The summed E-state index contributed by atoms with van der Waals surface area (Å²) >= 11 is 0. The summed E-state index contributed by atoms with van der Waals surface area (Å²) in [7, 11) is 0. The Labute approximate surface area is 195 Å². The Morgan fingerprint density at radius 2 is 1.68 bits per heavy atom. The van der Waals surface area contributed by atoms with E-state index in [4.69, 9.17) is 0 Å². The predicted molar refractivity (Wildman–Crippen MR) is 123 cm³/mol. The zero-order chi connectivity index (χ0) is 23.5. The van der Waals surface area contributed by atoms with Crippen molar-refractivity contribution in [1.29, 1.82) is 0 Å². The van der Waals surface area contributed by atoms with Crippen molar-refractivity contribution in [2.75, 3.05) is 11.9 Å². The van der Waals surface area contributed by atoms with Gasteiger partial charge in [0.1, 0.15) is 12.4 Å². The third-order valence-electron chi connectivity index (χ3n) is 5.75. The zero-order valence-corrected chi connectivity index (χ0v) is 18.2. The molecule has 1 aliphatic rings. The molecule has 0 aliphatic carbocycles. The van der Waals surface area contributed by atoms with Gasteiger partial charge in [-0.05, 0) is 47.0 Å². The van der Waals surface area contributed by atoms with Crippen molar-refractivity contribution in [2.24, 2.45) is 0 Å². The van der Waals surface area contributed by atoms with E-state index >= 15 is 0 Å². The number of fused-ring (bicyclic) bond motifs is 1. The SMILES string of the molecule is O=C(Nc1ccccc1-c1nnn(CC(=O)N2CCc3ccccc3C2)n1)c1ccccc1F. The number of anilines is 1. The van der Waals surface area contributed by atoms with E-state index in [9.17, 15) is 14.0 Å². The quantitative estimate of drug-likeness (QED) is 0.497. The Hall–Kier alpha value is -4.40. The van der Waals surface area contributed by atoms with Gasteiger partial charge in [0.15, 0.2) is 0 Å². The maximum atomic E-state index is 14.0. The average Bonchev–Trinajstić information content (AvgIpc) is 3.32. The van der Waals surface area contributed by atoms with Crippen molar-refractivity contribution in [2.45, 2.75) is 19.5 Å². The Morgan fingerprint density at radius 3 is 2.53 bits per heavy atom. The van der Waals surface area contributed by atoms with Gasteiger partial charge in [0, 0.05) is 18.7 Å². The molecule has 34 heavy (non-hydrogen) atoms. The monoisotopic (exact) mass is 456 g/mol. The van der Waals surface area contributed by atoms with Crippen molar-refractivity contribution in [1.82, 2.24) is 25.1 Å². The van der Waals surface area contributed by atoms with Gasteiger partial charge in [0.2, 0.25) is 11.7 Å². The van der Waals surface area contributed by atoms with Crippen molar-refractivity contribution < 1.29 is 14.0 Å². The number of rotatable bonds is 5. The molecule has 0 saturated carbocycles. The Balaban J connectivity index is 1.30. The van der Waals surface area contributed by atoms with E-state index in [1.807, 2.05) is 18.2 Å². The largest absolute Gasteiger partial charge is 0.336 e. The van der Waals surface area contributed by atoms with Crippen LogP contribution in [0.4, 0.5) is 10.1 Å². The average molecular weight is 456 g/mol. The number of aromatic nitrogens is 4. The summed E-state index contributed by atoms with van der Waals surface area (Å²) in [6.45, 7) is 1.16. The Kier molecular flexibility index (Phi) is 5.82. The highest BCUT2D eigenvalue weighted by Crippen LogP contribution is 2.25. The van der Waals surface area contributed by atoms with Gasteiger partial charge in [-0.15, -0.1) is 10.2 Å². The van der Waals surface area contributed by atoms with Gasteiger partial charge in [-0.25, -0.2) is 4.39 Å². The van der Waals surface area contributed by atoms with Crippen LogP contribution in [0.15, 0.2) is 72.8 Å². The molecule has 2 amide bonds. The van der Waals surface area contributed by atoms with E-state index in [2.05, 4.69) is 26.8 Å². The molecule has 1 N–H and O–H groups in total. The normalized spacial score (nSPS) is 12.8. The first-order valence-corrected chi connectivity index (χ1v) is 10.9. The molecule has 3 aromatic carbocycles. The molecular weight excluding hydrogens is 435 g/mol. The van der Waals surface area contributed by atoms with Crippen LogP contribution in [0.3, 0.4) is 0 Å². The summed E-state index contributed by atoms with van der Waals surface area (Å²) in [5.74, 6) is -1.04. The molecule has 2 heterocycles. The minimum Gasteiger partial charge on any atom is -0.336 e. The Morgan fingerprint density at radius 1 is 0.941 bits per heavy atom. The number of hydrogen-bond acceptors (Lipinski definition) is 5. The van der Waals surface area contributed by atoms with Crippen molar-refractivity contribution >= 4 is 17.5 Å². The summed E-state index contributed by atoms with van der Waals surface area (Å²) in [6.07, 6.45) is 0.813. The van der Waals surface area contributed by atoms with Crippen molar-refractivity contribution in [3.63, 3.8) is 0 Å². The second-order valence-electron chi connectivity index (χ2n) is 7.96. The molecular formula is C25H21FN6O2. The number of nitrogens with one attached hydrogen (secondary N) is 1. The molecule has 9 heteroatoms. The number of amides is 2. The molecule has 170 valence electrons. The van der Waals surface area contributed by atoms with Crippen LogP contribution in [0.5, 0.6) is 0 Å². The van der Waals surface area contributed by atoms with Gasteiger partial charge in [-0.1, -0.05) is 48.5 Å². The molecule has 0 spiro atoms. The molecule has 0 radical (unpaired) electrons. The highest BCUT2D eigenvalue weighted by atomic mass is 19.1. The van der Waals surface area contributed by atoms with Crippen LogP contribution in [-0.2, 0) is 24.3 Å². The van der Waals surface area contributed by atoms with Gasteiger partial charge >= 0.3 is 0 Å². The first-order valence-electron chi connectivity index (χ1n) is 10.9. The standard InChI is InChI=1S/C25H21FN6O2/c26-21-11-5-3-9-19(21)25(34)27-22-12-6-4-10-20(22)24-28-30-32(29-24)16-23(33)31-14-13-17-7-1-2-8-18(17)15-31/h1-12H,13-16H2,(H,27,34). The first kappa shape index (κ1) is 21.4. The molecule has 1 aliphatic heterocycles. The second kappa shape index (κ2) is 9.22. The molecule has 0 atom stereocenters. The fraction of sp³-hybridized carbons (Fsp3) is 0.160. The maximum absolute atomic E-state index is 14.0.